The van der Waals surface area contributed by atoms with Gasteiger partial charge in [-0.15, -0.1) is 0 Å². The first-order valence-corrected chi connectivity index (χ1v) is 7.76. The van der Waals surface area contributed by atoms with Gasteiger partial charge in [0.15, 0.2) is 0 Å². The maximum Gasteiger partial charge on any atom is 0.217 e. The largest absolute Gasteiger partial charge is 0.390 e. The van der Waals surface area contributed by atoms with E-state index in [-0.39, 0.29) is 17.8 Å². The summed E-state index contributed by atoms with van der Waals surface area (Å²) in [6.07, 6.45) is 3.01. The fourth-order valence-corrected chi connectivity index (χ4v) is 4.92. The minimum atomic E-state index is -3.19. The van der Waals surface area contributed by atoms with Gasteiger partial charge >= 0.3 is 0 Å². The standard InChI is InChI=1S/C11H22N2O3S/c1-12(2)10-7-13(8-11(10)14)17(15,16)9-5-3-4-6-9/h9-11,14H,3-8H2,1-2H3/t10-,11-/m1/s1. The molecule has 2 rings (SSSR count). The van der Waals surface area contributed by atoms with Crippen molar-refractivity contribution in [3.63, 3.8) is 0 Å². The Hall–Kier alpha value is -0.170. The molecule has 1 saturated carbocycles. The summed E-state index contributed by atoms with van der Waals surface area (Å²) in [5, 5.41) is 9.68. The summed E-state index contributed by atoms with van der Waals surface area (Å²) in [6, 6.07) is -0.0776. The second-order valence-corrected chi connectivity index (χ2v) is 7.58. The van der Waals surface area contributed by atoms with Crippen LogP contribution in [0.2, 0.25) is 0 Å². The molecule has 1 aliphatic carbocycles. The van der Waals surface area contributed by atoms with Crippen LogP contribution in [0, 0.1) is 0 Å². The summed E-state index contributed by atoms with van der Waals surface area (Å²) in [5.41, 5.74) is 0. The van der Waals surface area contributed by atoms with Crippen molar-refractivity contribution in [2.75, 3.05) is 27.2 Å². The summed E-state index contributed by atoms with van der Waals surface area (Å²) in [7, 11) is 0.558. The predicted molar refractivity (Wildman–Crippen MR) is 66.2 cm³/mol. The Morgan fingerprint density at radius 3 is 2.24 bits per heavy atom. The molecule has 0 aromatic rings. The van der Waals surface area contributed by atoms with Gasteiger partial charge in [0, 0.05) is 13.1 Å². The first-order chi connectivity index (χ1) is 7.93. The van der Waals surface area contributed by atoms with Gasteiger partial charge in [-0.25, -0.2) is 8.42 Å². The molecule has 1 aliphatic heterocycles. The minimum absolute atomic E-state index is 0.0776. The van der Waals surface area contributed by atoms with Crippen molar-refractivity contribution in [3.05, 3.63) is 0 Å². The molecule has 100 valence electrons. The molecule has 0 aromatic heterocycles. The molecular formula is C11H22N2O3S. The first kappa shape index (κ1) is 13.3. The van der Waals surface area contributed by atoms with Gasteiger partial charge in [-0.2, -0.15) is 4.31 Å². The second-order valence-electron chi connectivity index (χ2n) is 5.37. The highest BCUT2D eigenvalue weighted by Crippen LogP contribution is 2.29. The fraction of sp³-hybridized carbons (Fsp3) is 1.00. The van der Waals surface area contributed by atoms with Crippen molar-refractivity contribution in [2.24, 2.45) is 0 Å². The lowest BCUT2D eigenvalue weighted by atomic mass is 10.2. The maximum atomic E-state index is 12.3. The highest BCUT2D eigenvalue weighted by Gasteiger charge is 2.42. The lowest BCUT2D eigenvalue weighted by Gasteiger charge is -2.23. The molecule has 6 heteroatoms. The Labute approximate surface area is 103 Å². The molecule has 1 saturated heterocycles. The van der Waals surface area contributed by atoms with Gasteiger partial charge < -0.3 is 10.0 Å². The Bertz CT molecular complexity index is 363. The zero-order chi connectivity index (χ0) is 12.6. The Balaban J connectivity index is 2.09. The van der Waals surface area contributed by atoms with E-state index < -0.39 is 16.1 Å². The third-order valence-electron chi connectivity index (χ3n) is 3.97. The molecule has 2 aliphatic rings. The molecule has 0 radical (unpaired) electrons. The van der Waals surface area contributed by atoms with Crippen molar-refractivity contribution in [1.29, 1.82) is 0 Å². The molecule has 0 aromatic carbocycles. The van der Waals surface area contributed by atoms with Crippen molar-refractivity contribution >= 4 is 10.0 Å². The number of aliphatic hydroxyl groups excluding tert-OH is 1. The number of nitrogens with zero attached hydrogens (tertiary/aromatic N) is 2. The average molecular weight is 262 g/mol. The Morgan fingerprint density at radius 2 is 1.76 bits per heavy atom. The van der Waals surface area contributed by atoms with E-state index >= 15 is 0 Å². The van der Waals surface area contributed by atoms with Gasteiger partial charge in [-0.3, -0.25) is 0 Å². The summed E-state index contributed by atoms with van der Waals surface area (Å²) in [5.74, 6) is 0. The van der Waals surface area contributed by atoms with E-state index in [1.165, 1.54) is 4.31 Å². The molecule has 0 spiro atoms. The van der Waals surface area contributed by atoms with Crippen LogP contribution in [0.25, 0.3) is 0 Å². The summed E-state index contributed by atoms with van der Waals surface area (Å²) in [6.45, 7) is 0.675. The van der Waals surface area contributed by atoms with E-state index in [1.54, 1.807) is 0 Å². The van der Waals surface area contributed by atoms with Gasteiger partial charge in [0.1, 0.15) is 0 Å². The lowest BCUT2D eigenvalue weighted by Crippen LogP contribution is -2.39. The monoisotopic (exact) mass is 262 g/mol. The maximum absolute atomic E-state index is 12.3. The van der Waals surface area contributed by atoms with Gasteiger partial charge in [-0.1, -0.05) is 12.8 Å². The molecule has 1 heterocycles. The third-order valence-corrected chi connectivity index (χ3v) is 6.30. The zero-order valence-corrected chi connectivity index (χ0v) is 11.4. The predicted octanol–water partition coefficient (Wildman–Crippen LogP) is -0.134. The van der Waals surface area contributed by atoms with Crippen LogP contribution in [-0.2, 0) is 10.0 Å². The number of sulfonamides is 1. The minimum Gasteiger partial charge on any atom is -0.390 e. The number of likely N-dealkylation sites (N-methyl/N-ethyl adjacent to an activating group) is 1. The first-order valence-electron chi connectivity index (χ1n) is 6.26. The number of hydrogen-bond acceptors (Lipinski definition) is 4. The van der Waals surface area contributed by atoms with Crippen LogP contribution in [-0.4, -0.2) is 67.3 Å². The van der Waals surface area contributed by atoms with Crippen LogP contribution in [0.3, 0.4) is 0 Å². The third kappa shape index (κ3) is 2.50. The van der Waals surface area contributed by atoms with Crippen LogP contribution in [0.1, 0.15) is 25.7 Å². The van der Waals surface area contributed by atoms with E-state index in [2.05, 4.69) is 0 Å². The highest BCUT2D eigenvalue weighted by atomic mass is 32.2. The van der Waals surface area contributed by atoms with Crippen molar-refractivity contribution in [2.45, 2.75) is 43.1 Å². The SMILES string of the molecule is CN(C)[C@@H]1CN(S(=O)(=O)C2CCCC2)C[C@H]1O. The fourth-order valence-electron chi connectivity index (χ4n) is 2.85. The van der Waals surface area contributed by atoms with Crippen LogP contribution in [0.5, 0.6) is 0 Å². The van der Waals surface area contributed by atoms with Gasteiger partial charge in [-0.05, 0) is 26.9 Å². The van der Waals surface area contributed by atoms with Gasteiger partial charge in [0.25, 0.3) is 0 Å². The molecule has 5 nitrogen and oxygen atoms in total. The van der Waals surface area contributed by atoms with Crippen LogP contribution in [0.4, 0.5) is 0 Å². The zero-order valence-electron chi connectivity index (χ0n) is 10.5. The smallest absolute Gasteiger partial charge is 0.217 e. The van der Waals surface area contributed by atoms with Crippen molar-refractivity contribution in [1.82, 2.24) is 9.21 Å². The molecule has 0 bridgehead atoms. The molecule has 0 amide bonds. The van der Waals surface area contributed by atoms with Crippen molar-refractivity contribution in [3.8, 4) is 0 Å². The molecule has 2 atom stereocenters. The van der Waals surface area contributed by atoms with E-state index in [1.807, 2.05) is 19.0 Å². The molecule has 17 heavy (non-hydrogen) atoms. The van der Waals surface area contributed by atoms with Crippen LogP contribution >= 0.6 is 0 Å². The summed E-state index contributed by atoms with van der Waals surface area (Å²) >= 11 is 0. The van der Waals surface area contributed by atoms with Crippen LogP contribution in [0.15, 0.2) is 0 Å². The molecule has 0 unspecified atom stereocenters. The average Bonchev–Trinajstić information content (AvgIpc) is 2.84. The molecule has 1 N–H and O–H groups in total. The molecule has 2 fully saturated rings. The number of aliphatic hydroxyl groups is 1. The second kappa shape index (κ2) is 4.84. The highest BCUT2D eigenvalue weighted by molar-refractivity contribution is 7.89. The van der Waals surface area contributed by atoms with Gasteiger partial charge in [0.2, 0.25) is 10.0 Å². The van der Waals surface area contributed by atoms with E-state index in [9.17, 15) is 13.5 Å². The topological polar surface area (TPSA) is 60.9 Å². The number of rotatable bonds is 3. The van der Waals surface area contributed by atoms with E-state index in [0.717, 1.165) is 25.7 Å². The normalized spacial score (nSPS) is 32.7. The lowest BCUT2D eigenvalue weighted by molar-refractivity contribution is 0.113. The summed E-state index contributed by atoms with van der Waals surface area (Å²) in [4.78, 5) is 1.90. The van der Waals surface area contributed by atoms with Gasteiger partial charge in [0.05, 0.1) is 17.4 Å². The Morgan fingerprint density at radius 1 is 1.18 bits per heavy atom. The number of β-amino-alcohol motifs (C(OH)–C–C–N with tert-alkyl or cyclic N) is 1. The Kier molecular flexibility index (Phi) is 3.77. The summed E-state index contributed by atoms with van der Waals surface area (Å²) < 4.78 is 26.2. The molecular weight excluding hydrogens is 240 g/mol. The van der Waals surface area contributed by atoms with E-state index in [0.29, 0.717) is 6.54 Å². The van der Waals surface area contributed by atoms with Crippen LogP contribution < -0.4 is 0 Å². The number of hydrogen-bond donors (Lipinski definition) is 1. The van der Waals surface area contributed by atoms with E-state index in [4.69, 9.17) is 0 Å². The van der Waals surface area contributed by atoms with Crippen molar-refractivity contribution < 1.29 is 13.5 Å². The quantitative estimate of drug-likeness (QED) is 0.769.